The molecule has 1 amide bonds. The van der Waals surface area contributed by atoms with Gasteiger partial charge in [0, 0.05) is 23.9 Å². The molecule has 0 unspecified atom stereocenters. The molecule has 1 atom stereocenters. The van der Waals surface area contributed by atoms with Gasteiger partial charge >= 0.3 is 0 Å². The molecule has 6 nitrogen and oxygen atoms in total. The molecule has 1 aliphatic heterocycles. The molecular weight excluding hydrogens is 218 g/mol. The van der Waals surface area contributed by atoms with Gasteiger partial charge in [-0.1, -0.05) is 11.2 Å². The second kappa shape index (κ2) is 5.32. The normalized spacial score (nSPS) is 18.8. The van der Waals surface area contributed by atoms with E-state index in [0.29, 0.717) is 0 Å². The van der Waals surface area contributed by atoms with Crippen LogP contribution in [0.5, 0.6) is 0 Å². The van der Waals surface area contributed by atoms with Crippen LogP contribution in [-0.4, -0.2) is 28.9 Å². The SMILES string of the molecule is [N-]=[N+]=NCC(=O)N1CCC[C@@H]1c1cccnc1. The van der Waals surface area contributed by atoms with Gasteiger partial charge in [0.05, 0.1) is 6.04 Å². The molecule has 1 saturated heterocycles. The highest BCUT2D eigenvalue weighted by molar-refractivity contribution is 5.79. The maximum absolute atomic E-state index is 11.8. The second-order valence-electron chi connectivity index (χ2n) is 3.92. The molecule has 1 fully saturated rings. The summed E-state index contributed by atoms with van der Waals surface area (Å²) in [6.07, 6.45) is 5.41. The smallest absolute Gasteiger partial charge is 0.228 e. The van der Waals surface area contributed by atoms with E-state index in [9.17, 15) is 4.79 Å². The van der Waals surface area contributed by atoms with Gasteiger partial charge in [0.2, 0.25) is 5.91 Å². The second-order valence-corrected chi connectivity index (χ2v) is 3.92. The van der Waals surface area contributed by atoms with Crippen molar-refractivity contribution < 1.29 is 4.79 Å². The minimum absolute atomic E-state index is 0.0742. The third-order valence-electron chi connectivity index (χ3n) is 2.91. The highest BCUT2D eigenvalue weighted by atomic mass is 16.2. The number of carbonyl (C=O) groups excluding carboxylic acids is 1. The molecule has 0 saturated carbocycles. The molecule has 2 heterocycles. The Morgan fingerprint density at radius 3 is 3.29 bits per heavy atom. The standard InChI is InChI=1S/C11H13N5O/c12-15-14-8-11(17)16-6-2-4-10(16)9-3-1-5-13-7-9/h1,3,5,7,10H,2,4,6,8H2/t10-/m1/s1. The highest BCUT2D eigenvalue weighted by Gasteiger charge is 2.29. The van der Waals surface area contributed by atoms with Gasteiger partial charge in [0.15, 0.2) is 0 Å². The molecular formula is C11H13N5O. The number of nitrogens with zero attached hydrogens (tertiary/aromatic N) is 5. The summed E-state index contributed by atoms with van der Waals surface area (Å²) in [5.74, 6) is -0.117. The Bertz CT molecular complexity index is 440. The number of aromatic nitrogens is 1. The minimum Gasteiger partial charge on any atom is -0.335 e. The van der Waals surface area contributed by atoms with E-state index in [4.69, 9.17) is 5.53 Å². The zero-order valence-corrected chi connectivity index (χ0v) is 9.36. The summed E-state index contributed by atoms with van der Waals surface area (Å²) in [4.78, 5) is 20.3. The van der Waals surface area contributed by atoms with Gasteiger partial charge in [-0.3, -0.25) is 9.78 Å². The summed E-state index contributed by atoms with van der Waals surface area (Å²) in [7, 11) is 0. The molecule has 17 heavy (non-hydrogen) atoms. The van der Waals surface area contributed by atoms with Crippen LogP contribution in [0, 0.1) is 0 Å². The molecule has 1 aromatic heterocycles. The number of amides is 1. The monoisotopic (exact) mass is 231 g/mol. The van der Waals surface area contributed by atoms with Crippen molar-refractivity contribution in [2.24, 2.45) is 5.11 Å². The van der Waals surface area contributed by atoms with Crippen LogP contribution in [0.15, 0.2) is 29.6 Å². The van der Waals surface area contributed by atoms with E-state index in [-0.39, 0.29) is 18.5 Å². The van der Waals surface area contributed by atoms with E-state index >= 15 is 0 Å². The van der Waals surface area contributed by atoms with Crippen molar-refractivity contribution in [1.82, 2.24) is 9.88 Å². The van der Waals surface area contributed by atoms with E-state index in [1.165, 1.54) is 0 Å². The lowest BCUT2D eigenvalue weighted by Crippen LogP contribution is -2.32. The lowest BCUT2D eigenvalue weighted by molar-refractivity contribution is -0.130. The molecule has 0 radical (unpaired) electrons. The number of hydrogen-bond acceptors (Lipinski definition) is 3. The maximum Gasteiger partial charge on any atom is 0.228 e. The van der Waals surface area contributed by atoms with E-state index in [0.717, 1.165) is 24.9 Å². The van der Waals surface area contributed by atoms with Gasteiger partial charge in [0.25, 0.3) is 0 Å². The summed E-state index contributed by atoms with van der Waals surface area (Å²) in [5, 5.41) is 3.32. The first kappa shape index (κ1) is 11.4. The third-order valence-corrected chi connectivity index (χ3v) is 2.91. The van der Waals surface area contributed by atoms with E-state index in [2.05, 4.69) is 15.0 Å². The molecule has 0 bridgehead atoms. The van der Waals surface area contributed by atoms with Crippen LogP contribution in [0.2, 0.25) is 0 Å². The van der Waals surface area contributed by atoms with Crippen LogP contribution >= 0.6 is 0 Å². The van der Waals surface area contributed by atoms with Gasteiger partial charge < -0.3 is 4.90 Å². The third kappa shape index (κ3) is 2.54. The van der Waals surface area contributed by atoms with Gasteiger partial charge in [0.1, 0.15) is 6.54 Å². The number of hydrogen-bond donors (Lipinski definition) is 0. The minimum atomic E-state index is -0.117. The number of likely N-dealkylation sites (tertiary alicyclic amines) is 1. The van der Waals surface area contributed by atoms with Crippen molar-refractivity contribution >= 4 is 5.91 Å². The van der Waals surface area contributed by atoms with Crippen molar-refractivity contribution in [1.29, 1.82) is 0 Å². The number of pyridine rings is 1. The zero-order chi connectivity index (χ0) is 12.1. The number of azide groups is 1. The molecule has 0 aromatic carbocycles. The summed E-state index contributed by atoms with van der Waals surface area (Å²) in [5.41, 5.74) is 9.26. The van der Waals surface area contributed by atoms with Crippen LogP contribution < -0.4 is 0 Å². The van der Waals surface area contributed by atoms with E-state index in [1.54, 1.807) is 17.3 Å². The van der Waals surface area contributed by atoms with Crippen molar-refractivity contribution in [2.75, 3.05) is 13.1 Å². The Hall–Kier alpha value is -2.07. The summed E-state index contributed by atoms with van der Waals surface area (Å²) in [6.45, 7) is 0.618. The maximum atomic E-state index is 11.8. The molecule has 6 heteroatoms. The number of carbonyl (C=O) groups is 1. The van der Waals surface area contributed by atoms with Crippen LogP contribution in [-0.2, 0) is 4.79 Å². The fraction of sp³-hybridized carbons (Fsp3) is 0.455. The summed E-state index contributed by atoms with van der Waals surface area (Å²) < 4.78 is 0. The Morgan fingerprint density at radius 2 is 2.59 bits per heavy atom. The van der Waals surface area contributed by atoms with E-state index < -0.39 is 0 Å². The highest BCUT2D eigenvalue weighted by Crippen LogP contribution is 2.31. The first-order valence-corrected chi connectivity index (χ1v) is 5.53. The fourth-order valence-electron chi connectivity index (χ4n) is 2.17. The quantitative estimate of drug-likeness (QED) is 0.453. The first-order chi connectivity index (χ1) is 8.33. The average Bonchev–Trinajstić information content (AvgIpc) is 2.86. The van der Waals surface area contributed by atoms with Gasteiger partial charge in [-0.05, 0) is 30.0 Å². The first-order valence-electron chi connectivity index (χ1n) is 5.53. The Balaban J connectivity index is 2.12. The Labute approximate surface area is 98.9 Å². The van der Waals surface area contributed by atoms with Crippen molar-refractivity contribution in [3.63, 3.8) is 0 Å². The Morgan fingerprint density at radius 1 is 1.71 bits per heavy atom. The Kier molecular flexibility index (Phi) is 3.57. The lowest BCUT2D eigenvalue weighted by Gasteiger charge is -2.24. The van der Waals surface area contributed by atoms with Crippen LogP contribution in [0.25, 0.3) is 10.4 Å². The molecule has 0 spiro atoms. The van der Waals surface area contributed by atoms with E-state index in [1.807, 2.05) is 12.1 Å². The molecule has 88 valence electrons. The molecule has 2 rings (SSSR count). The molecule has 1 aromatic rings. The predicted molar refractivity (Wildman–Crippen MR) is 61.9 cm³/mol. The van der Waals surface area contributed by atoms with Crippen molar-refractivity contribution in [2.45, 2.75) is 18.9 Å². The summed E-state index contributed by atoms with van der Waals surface area (Å²) >= 11 is 0. The zero-order valence-electron chi connectivity index (χ0n) is 9.36. The topological polar surface area (TPSA) is 82.0 Å². The van der Waals surface area contributed by atoms with Crippen LogP contribution in [0.1, 0.15) is 24.4 Å². The lowest BCUT2D eigenvalue weighted by atomic mass is 10.1. The molecule has 0 N–H and O–H groups in total. The average molecular weight is 231 g/mol. The van der Waals surface area contributed by atoms with Crippen LogP contribution in [0.3, 0.4) is 0 Å². The largest absolute Gasteiger partial charge is 0.335 e. The fourth-order valence-corrected chi connectivity index (χ4v) is 2.17. The van der Waals surface area contributed by atoms with Crippen molar-refractivity contribution in [3.8, 4) is 0 Å². The van der Waals surface area contributed by atoms with Gasteiger partial charge in [-0.2, -0.15) is 0 Å². The number of rotatable bonds is 3. The van der Waals surface area contributed by atoms with Crippen molar-refractivity contribution in [3.05, 3.63) is 40.5 Å². The van der Waals surface area contributed by atoms with Crippen LogP contribution in [0.4, 0.5) is 0 Å². The summed E-state index contributed by atoms with van der Waals surface area (Å²) in [6, 6.07) is 3.91. The molecule has 0 aliphatic carbocycles. The molecule has 1 aliphatic rings. The van der Waals surface area contributed by atoms with Gasteiger partial charge in [-0.15, -0.1) is 0 Å². The van der Waals surface area contributed by atoms with Gasteiger partial charge in [-0.25, -0.2) is 0 Å². The predicted octanol–water partition coefficient (Wildman–Crippen LogP) is 2.06.